The van der Waals surface area contributed by atoms with Gasteiger partial charge < -0.3 is 10.1 Å². The van der Waals surface area contributed by atoms with Gasteiger partial charge in [-0.2, -0.15) is 0 Å². The Balaban J connectivity index is 1.69. The van der Waals surface area contributed by atoms with Crippen LogP contribution >= 0.6 is 0 Å². The van der Waals surface area contributed by atoms with Crippen LogP contribution in [0.1, 0.15) is 24.5 Å². The SMILES string of the molecule is COc1ccc(CCC2(C)NC(=O)N(Cc3cccc([N+](=O)[O-])c3)C2=O)cc1. The Bertz CT molecular complexity index is 912. The molecule has 8 heteroatoms. The molecule has 3 rings (SSSR count). The zero-order valence-corrected chi connectivity index (χ0v) is 15.7. The van der Waals surface area contributed by atoms with Crippen molar-refractivity contribution in [3.05, 3.63) is 69.8 Å². The molecular weight excluding hydrogens is 362 g/mol. The molecule has 2 aromatic carbocycles. The summed E-state index contributed by atoms with van der Waals surface area (Å²) in [4.78, 5) is 36.8. The Morgan fingerprint density at radius 2 is 1.86 bits per heavy atom. The number of nitrogens with zero attached hydrogens (tertiary/aromatic N) is 2. The minimum Gasteiger partial charge on any atom is -0.497 e. The van der Waals surface area contributed by atoms with Crippen molar-refractivity contribution in [2.24, 2.45) is 0 Å². The Morgan fingerprint density at radius 3 is 2.50 bits per heavy atom. The molecule has 1 N–H and O–H groups in total. The molecule has 1 aliphatic rings. The van der Waals surface area contributed by atoms with Crippen LogP contribution in [0.25, 0.3) is 0 Å². The van der Waals surface area contributed by atoms with Crippen molar-refractivity contribution in [3.8, 4) is 5.75 Å². The van der Waals surface area contributed by atoms with Gasteiger partial charge in [-0.15, -0.1) is 0 Å². The number of nitro benzene ring substituents is 1. The van der Waals surface area contributed by atoms with Crippen LogP contribution in [0.15, 0.2) is 48.5 Å². The maximum absolute atomic E-state index is 12.9. The summed E-state index contributed by atoms with van der Waals surface area (Å²) in [6.45, 7) is 1.69. The number of carbonyl (C=O) groups excluding carboxylic acids is 2. The molecule has 1 heterocycles. The van der Waals surface area contributed by atoms with E-state index >= 15 is 0 Å². The second-order valence-electron chi connectivity index (χ2n) is 6.93. The average Bonchev–Trinajstić information content (AvgIpc) is 2.90. The molecule has 1 unspecified atom stereocenters. The minimum absolute atomic E-state index is 0.00945. The smallest absolute Gasteiger partial charge is 0.325 e. The van der Waals surface area contributed by atoms with Gasteiger partial charge in [0, 0.05) is 12.1 Å². The fourth-order valence-electron chi connectivity index (χ4n) is 3.20. The summed E-state index contributed by atoms with van der Waals surface area (Å²) in [7, 11) is 1.60. The highest BCUT2D eigenvalue weighted by molar-refractivity contribution is 6.06. The van der Waals surface area contributed by atoms with Gasteiger partial charge in [-0.3, -0.25) is 19.8 Å². The lowest BCUT2D eigenvalue weighted by atomic mass is 9.93. The van der Waals surface area contributed by atoms with Gasteiger partial charge in [0.15, 0.2) is 0 Å². The van der Waals surface area contributed by atoms with Crippen LogP contribution in [0.4, 0.5) is 10.5 Å². The number of carbonyl (C=O) groups is 2. The lowest BCUT2D eigenvalue weighted by Crippen LogP contribution is -2.44. The normalized spacial score (nSPS) is 18.9. The summed E-state index contributed by atoms with van der Waals surface area (Å²) in [6, 6.07) is 13.0. The van der Waals surface area contributed by atoms with Gasteiger partial charge in [0.25, 0.3) is 11.6 Å². The summed E-state index contributed by atoms with van der Waals surface area (Å²) in [6.07, 6.45) is 1.05. The highest BCUT2D eigenvalue weighted by Gasteiger charge is 2.47. The second-order valence-corrected chi connectivity index (χ2v) is 6.93. The zero-order valence-electron chi connectivity index (χ0n) is 15.7. The predicted octanol–water partition coefficient (Wildman–Crippen LogP) is 3.05. The van der Waals surface area contributed by atoms with Crippen LogP contribution in [0.5, 0.6) is 5.75 Å². The molecule has 0 bridgehead atoms. The Hall–Kier alpha value is -3.42. The molecule has 28 heavy (non-hydrogen) atoms. The summed E-state index contributed by atoms with van der Waals surface area (Å²) in [5, 5.41) is 13.7. The molecule has 2 aromatic rings. The van der Waals surface area contributed by atoms with Crippen molar-refractivity contribution in [2.45, 2.75) is 31.8 Å². The molecule has 0 aromatic heterocycles. The van der Waals surface area contributed by atoms with E-state index in [1.807, 2.05) is 24.3 Å². The molecule has 1 atom stereocenters. The van der Waals surface area contributed by atoms with E-state index in [-0.39, 0.29) is 18.1 Å². The van der Waals surface area contributed by atoms with E-state index in [4.69, 9.17) is 4.74 Å². The number of ether oxygens (including phenoxy) is 1. The lowest BCUT2D eigenvalue weighted by molar-refractivity contribution is -0.384. The number of nitrogens with one attached hydrogen (secondary N) is 1. The minimum atomic E-state index is -1.02. The molecule has 0 spiro atoms. The summed E-state index contributed by atoms with van der Waals surface area (Å²) in [5.41, 5.74) is 0.461. The molecule has 1 aliphatic heterocycles. The van der Waals surface area contributed by atoms with Crippen LogP contribution in [0, 0.1) is 10.1 Å². The summed E-state index contributed by atoms with van der Waals surface area (Å²) in [5.74, 6) is 0.417. The molecule has 0 aliphatic carbocycles. The van der Waals surface area contributed by atoms with Crippen molar-refractivity contribution in [1.82, 2.24) is 10.2 Å². The van der Waals surface area contributed by atoms with Crippen LogP contribution in [-0.4, -0.2) is 34.4 Å². The zero-order chi connectivity index (χ0) is 20.3. The van der Waals surface area contributed by atoms with Gasteiger partial charge >= 0.3 is 6.03 Å². The maximum Gasteiger partial charge on any atom is 0.325 e. The summed E-state index contributed by atoms with van der Waals surface area (Å²) < 4.78 is 5.13. The van der Waals surface area contributed by atoms with Gasteiger partial charge in [-0.05, 0) is 43.0 Å². The van der Waals surface area contributed by atoms with Gasteiger partial charge in [0.1, 0.15) is 11.3 Å². The van der Waals surface area contributed by atoms with Gasteiger partial charge in [-0.1, -0.05) is 24.3 Å². The topological polar surface area (TPSA) is 102 Å². The number of amides is 3. The lowest BCUT2D eigenvalue weighted by Gasteiger charge is -2.21. The van der Waals surface area contributed by atoms with Gasteiger partial charge in [0.05, 0.1) is 18.6 Å². The number of benzene rings is 2. The second kappa shape index (κ2) is 7.67. The van der Waals surface area contributed by atoms with Crippen LogP contribution in [0.3, 0.4) is 0 Å². The number of hydrogen-bond acceptors (Lipinski definition) is 5. The van der Waals surface area contributed by atoms with Crippen LogP contribution in [0.2, 0.25) is 0 Å². The number of aryl methyl sites for hydroxylation is 1. The molecular formula is C20H21N3O5. The molecule has 0 saturated carbocycles. The fourth-order valence-corrected chi connectivity index (χ4v) is 3.20. The quantitative estimate of drug-likeness (QED) is 0.450. The summed E-state index contributed by atoms with van der Waals surface area (Å²) >= 11 is 0. The molecule has 1 fully saturated rings. The monoisotopic (exact) mass is 383 g/mol. The van der Waals surface area contributed by atoms with E-state index in [9.17, 15) is 19.7 Å². The van der Waals surface area contributed by atoms with Crippen molar-refractivity contribution in [1.29, 1.82) is 0 Å². The van der Waals surface area contributed by atoms with Crippen molar-refractivity contribution < 1.29 is 19.2 Å². The molecule has 8 nitrogen and oxygen atoms in total. The van der Waals surface area contributed by atoms with Gasteiger partial charge in [0.2, 0.25) is 0 Å². The fraction of sp³-hybridized carbons (Fsp3) is 0.300. The number of non-ortho nitro benzene ring substituents is 1. The highest BCUT2D eigenvalue weighted by Crippen LogP contribution is 2.26. The average molecular weight is 383 g/mol. The predicted molar refractivity (Wildman–Crippen MR) is 102 cm³/mol. The van der Waals surface area contributed by atoms with Crippen molar-refractivity contribution in [3.63, 3.8) is 0 Å². The van der Waals surface area contributed by atoms with Crippen LogP contribution < -0.4 is 10.1 Å². The van der Waals surface area contributed by atoms with E-state index in [1.165, 1.54) is 18.2 Å². The highest BCUT2D eigenvalue weighted by atomic mass is 16.6. The third kappa shape index (κ3) is 3.95. The molecule has 0 radical (unpaired) electrons. The number of imide groups is 1. The number of urea groups is 1. The van der Waals surface area contributed by atoms with Crippen molar-refractivity contribution in [2.75, 3.05) is 7.11 Å². The van der Waals surface area contributed by atoms with E-state index < -0.39 is 16.5 Å². The Morgan fingerprint density at radius 1 is 1.14 bits per heavy atom. The first-order valence-electron chi connectivity index (χ1n) is 8.83. The number of nitro groups is 1. The van der Waals surface area contributed by atoms with E-state index in [1.54, 1.807) is 20.1 Å². The third-order valence-corrected chi connectivity index (χ3v) is 4.88. The first kappa shape index (κ1) is 19.3. The van der Waals surface area contributed by atoms with E-state index in [0.717, 1.165) is 16.2 Å². The third-order valence-electron chi connectivity index (χ3n) is 4.88. The molecule has 1 saturated heterocycles. The Labute approximate surface area is 162 Å². The number of hydrogen-bond donors (Lipinski definition) is 1. The first-order chi connectivity index (χ1) is 13.3. The van der Waals surface area contributed by atoms with Crippen LogP contribution in [-0.2, 0) is 17.8 Å². The van der Waals surface area contributed by atoms with E-state index in [0.29, 0.717) is 18.4 Å². The largest absolute Gasteiger partial charge is 0.497 e. The first-order valence-corrected chi connectivity index (χ1v) is 8.83. The number of methoxy groups -OCH3 is 1. The maximum atomic E-state index is 12.9. The Kier molecular flexibility index (Phi) is 5.30. The van der Waals surface area contributed by atoms with E-state index in [2.05, 4.69) is 5.32 Å². The number of rotatable bonds is 7. The van der Waals surface area contributed by atoms with Gasteiger partial charge in [-0.25, -0.2) is 4.79 Å². The molecule has 146 valence electrons. The molecule has 3 amide bonds. The van der Waals surface area contributed by atoms with Crippen molar-refractivity contribution >= 4 is 17.6 Å². The standard InChI is InChI=1S/C20H21N3O5/c1-20(11-10-14-6-8-17(28-2)9-7-14)18(24)22(19(25)21-20)13-15-4-3-5-16(12-15)23(26)27/h3-9,12H,10-11,13H2,1-2H3,(H,21,25).